The maximum Gasteiger partial charge on any atom is 0.169 e. The molecule has 4 heteroatoms. The number of ether oxygens (including phenoxy) is 1. The summed E-state index contributed by atoms with van der Waals surface area (Å²) < 4.78 is 4.65. The molecule has 0 aromatic carbocycles. The third kappa shape index (κ3) is 6.15. The molecule has 4 radical (unpaired) electrons. The molecule has 3 nitrogen and oxygen atoms in total. The average molecular weight is 269 g/mol. The maximum absolute atomic E-state index is 4.65. The van der Waals surface area contributed by atoms with E-state index >= 15 is 0 Å². The van der Waals surface area contributed by atoms with Crippen LogP contribution in [0.15, 0.2) is 35.6 Å². The molecule has 0 saturated carbocycles. The van der Waals surface area contributed by atoms with Gasteiger partial charge in [-0.2, -0.15) is 0 Å². The first-order chi connectivity index (χ1) is 5.50. The summed E-state index contributed by atoms with van der Waals surface area (Å²) in [4.78, 5) is 7.52. The minimum Gasteiger partial charge on any atom is -0.482 e. The minimum atomic E-state index is 0. The van der Waals surface area contributed by atoms with Crippen LogP contribution in [0.5, 0.6) is 0 Å². The van der Waals surface area contributed by atoms with E-state index in [4.69, 9.17) is 0 Å². The van der Waals surface area contributed by atoms with E-state index in [1.807, 2.05) is 18.2 Å². The van der Waals surface area contributed by atoms with E-state index in [0.29, 0.717) is 0 Å². The average Bonchev–Trinajstić information content (AvgIpc) is 2.64. The largest absolute Gasteiger partial charge is 0.482 e. The third-order valence-electron chi connectivity index (χ3n) is 1.05. The molecule has 0 spiro atoms. The Morgan fingerprint density at radius 1 is 1.08 bits per heavy atom. The summed E-state index contributed by atoms with van der Waals surface area (Å²) in [6, 6.07) is 5.72. The topological polar surface area (TPSA) is 34.5 Å². The Kier molecular flexibility index (Phi) is 8.10. The van der Waals surface area contributed by atoms with Gasteiger partial charge in [0.25, 0.3) is 0 Å². The van der Waals surface area contributed by atoms with Crippen molar-refractivity contribution in [1.29, 1.82) is 0 Å². The number of aliphatic imine (C=N–C) groups is 1. The predicted octanol–water partition coefficient (Wildman–Crippen LogP) is 0.746. The summed E-state index contributed by atoms with van der Waals surface area (Å²) in [5.74, 6) is 0. The van der Waals surface area contributed by atoms with E-state index in [1.165, 1.54) is 6.40 Å². The second-order valence-electron chi connectivity index (χ2n) is 1.91. The molecular weight excluding hydrogens is 259 g/mol. The summed E-state index contributed by atoms with van der Waals surface area (Å²) in [7, 11) is 0. The second-order valence-corrected chi connectivity index (χ2v) is 1.91. The van der Waals surface area contributed by atoms with Crippen molar-refractivity contribution in [2.45, 2.75) is 0 Å². The van der Waals surface area contributed by atoms with Gasteiger partial charge < -0.3 is 4.74 Å². The van der Waals surface area contributed by atoms with Crippen molar-refractivity contribution < 1.29 is 4.74 Å². The van der Waals surface area contributed by atoms with Gasteiger partial charge >= 0.3 is 0 Å². The quantitative estimate of drug-likeness (QED) is 0.651. The molecule has 0 amide bonds. The zero-order valence-corrected chi connectivity index (χ0v) is 9.54. The minimum absolute atomic E-state index is 0. The smallest absolute Gasteiger partial charge is 0.169 e. The molecule has 1 aliphatic rings. The normalized spacial score (nSPS) is 12.0. The molecule has 0 unspecified atom stereocenters. The molecule has 1 aromatic heterocycles. The van der Waals surface area contributed by atoms with E-state index in [-0.39, 0.29) is 23.9 Å². The van der Waals surface area contributed by atoms with Gasteiger partial charge in [-0.05, 0) is 12.1 Å². The summed E-state index contributed by atoms with van der Waals surface area (Å²) in [5, 5.41) is 0. The van der Waals surface area contributed by atoms with Gasteiger partial charge in [-0.3, -0.25) is 9.98 Å². The van der Waals surface area contributed by atoms with Crippen LogP contribution < -0.4 is 0 Å². The van der Waals surface area contributed by atoms with Gasteiger partial charge in [0, 0.05) is 36.3 Å². The first kappa shape index (κ1) is 11.4. The number of hydrogen-bond acceptors (Lipinski definition) is 3. The van der Waals surface area contributed by atoms with Crippen LogP contribution in [0.1, 0.15) is 0 Å². The molecule has 2 heterocycles. The fraction of sp³-hybridized carbons (Fsp3) is 0.250. The second kappa shape index (κ2) is 8.51. The molecular formula is C8H10N2OSn. The van der Waals surface area contributed by atoms with Crippen LogP contribution in [-0.2, 0) is 4.74 Å². The summed E-state index contributed by atoms with van der Waals surface area (Å²) in [5.41, 5.74) is 0. The Bertz CT molecular complexity index is 171. The molecule has 0 atom stereocenters. The van der Waals surface area contributed by atoms with E-state index in [9.17, 15) is 0 Å². The van der Waals surface area contributed by atoms with Gasteiger partial charge in [0.15, 0.2) is 6.40 Å². The van der Waals surface area contributed by atoms with Crippen LogP contribution in [0, 0.1) is 0 Å². The third-order valence-corrected chi connectivity index (χ3v) is 1.05. The Labute approximate surface area is 88.8 Å². The van der Waals surface area contributed by atoms with Crippen LogP contribution in [0.2, 0.25) is 0 Å². The van der Waals surface area contributed by atoms with Crippen LogP contribution in [0.25, 0.3) is 0 Å². The molecule has 0 bridgehead atoms. The van der Waals surface area contributed by atoms with Crippen molar-refractivity contribution in [2.24, 2.45) is 4.99 Å². The summed E-state index contributed by atoms with van der Waals surface area (Å²) >= 11 is 0. The SMILES string of the molecule is C1=NCCO1.[Sn].c1ccncc1. The molecule has 0 aliphatic carbocycles. The van der Waals surface area contributed by atoms with Crippen molar-refractivity contribution in [1.82, 2.24) is 4.98 Å². The van der Waals surface area contributed by atoms with E-state index < -0.39 is 0 Å². The molecule has 12 heavy (non-hydrogen) atoms. The molecule has 0 saturated heterocycles. The van der Waals surface area contributed by atoms with Gasteiger partial charge in [-0.1, -0.05) is 6.07 Å². The van der Waals surface area contributed by atoms with Crippen molar-refractivity contribution in [2.75, 3.05) is 13.2 Å². The standard InChI is InChI=1S/C5H5N.C3H5NO.Sn/c1-2-4-6-5-3-1;1-2-5-3-4-1;/h1-5H;3H,1-2H2;. The number of rotatable bonds is 0. The van der Waals surface area contributed by atoms with E-state index in [1.54, 1.807) is 12.4 Å². The van der Waals surface area contributed by atoms with Crippen LogP contribution in [-0.4, -0.2) is 48.4 Å². The Morgan fingerprint density at radius 3 is 2.00 bits per heavy atom. The molecule has 2 rings (SSSR count). The van der Waals surface area contributed by atoms with Crippen molar-refractivity contribution in [3.05, 3.63) is 30.6 Å². The van der Waals surface area contributed by atoms with Gasteiger partial charge in [0.05, 0.1) is 6.54 Å². The van der Waals surface area contributed by atoms with Crippen LogP contribution >= 0.6 is 0 Å². The zero-order valence-electron chi connectivity index (χ0n) is 6.68. The molecule has 0 N–H and O–H groups in total. The summed E-state index contributed by atoms with van der Waals surface area (Å²) in [6.07, 6.45) is 4.99. The first-order valence-electron chi connectivity index (χ1n) is 3.45. The van der Waals surface area contributed by atoms with E-state index in [0.717, 1.165) is 13.2 Å². The fourth-order valence-corrected chi connectivity index (χ4v) is 0.576. The number of aromatic nitrogens is 1. The molecule has 1 aliphatic heterocycles. The molecule has 0 fully saturated rings. The monoisotopic (exact) mass is 270 g/mol. The number of pyridine rings is 1. The van der Waals surface area contributed by atoms with Crippen LogP contribution in [0.4, 0.5) is 0 Å². The van der Waals surface area contributed by atoms with Crippen LogP contribution in [0.3, 0.4) is 0 Å². The predicted molar refractivity (Wildman–Crippen MR) is 49.3 cm³/mol. The number of hydrogen-bond donors (Lipinski definition) is 0. The van der Waals surface area contributed by atoms with Crippen molar-refractivity contribution in [3.63, 3.8) is 0 Å². The maximum atomic E-state index is 4.65. The van der Waals surface area contributed by atoms with Crippen molar-refractivity contribution >= 4 is 30.3 Å². The van der Waals surface area contributed by atoms with Gasteiger partial charge in [-0.25, -0.2) is 0 Å². The van der Waals surface area contributed by atoms with Gasteiger partial charge in [0.2, 0.25) is 0 Å². The first-order valence-corrected chi connectivity index (χ1v) is 3.45. The number of nitrogens with zero attached hydrogens (tertiary/aromatic N) is 2. The molecule has 62 valence electrons. The Morgan fingerprint density at radius 2 is 1.83 bits per heavy atom. The molecule has 1 aromatic rings. The van der Waals surface area contributed by atoms with E-state index in [2.05, 4.69) is 14.7 Å². The Balaban J connectivity index is 0.000000189. The van der Waals surface area contributed by atoms with Gasteiger partial charge in [0.1, 0.15) is 6.61 Å². The van der Waals surface area contributed by atoms with Crippen molar-refractivity contribution in [3.8, 4) is 0 Å². The summed E-state index contributed by atoms with van der Waals surface area (Å²) in [6.45, 7) is 1.62. The fourth-order valence-electron chi connectivity index (χ4n) is 0.576. The Hall–Kier alpha value is -0.581. The zero-order chi connectivity index (χ0) is 7.78. The van der Waals surface area contributed by atoms with Gasteiger partial charge in [-0.15, -0.1) is 0 Å².